The number of hydrogen-bond acceptors (Lipinski definition) is 1. The zero-order valence-corrected chi connectivity index (χ0v) is 9.37. The lowest BCUT2D eigenvalue weighted by atomic mass is 10.3. The molecule has 2 aromatic rings. The minimum Gasteiger partial charge on any atom is -0.295 e. The van der Waals surface area contributed by atoms with Crippen molar-refractivity contribution in [3.63, 3.8) is 0 Å². The van der Waals surface area contributed by atoms with Crippen LogP contribution in [0.25, 0.3) is 11.0 Å². The largest absolute Gasteiger partial charge is 0.328 e. The summed E-state index contributed by atoms with van der Waals surface area (Å²) < 4.78 is 3.45. The molecule has 3 nitrogen and oxygen atoms in total. The van der Waals surface area contributed by atoms with Crippen LogP contribution >= 0.6 is 11.6 Å². The van der Waals surface area contributed by atoms with Gasteiger partial charge in [0.2, 0.25) is 0 Å². The van der Waals surface area contributed by atoms with Crippen LogP contribution in [0.2, 0.25) is 0 Å². The lowest BCUT2D eigenvalue weighted by Gasteiger charge is -1.99. The third kappa shape index (κ3) is 1.67. The van der Waals surface area contributed by atoms with Crippen LogP contribution in [0.15, 0.2) is 29.1 Å². The lowest BCUT2D eigenvalue weighted by molar-refractivity contribution is 0.655. The third-order valence-corrected chi connectivity index (χ3v) is 2.83. The molecule has 1 heterocycles. The van der Waals surface area contributed by atoms with Crippen molar-refractivity contribution >= 4 is 22.6 Å². The first-order chi connectivity index (χ1) is 7.25. The summed E-state index contributed by atoms with van der Waals surface area (Å²) in [4.78, 5) is 11.9. The summed E-state index contributed by atoms with van der Waals surface area (Å²) in [6.45, 7) is 0.684. The van der Waals surface area contributed by atoms with Crippen LogP contribution in [0, 0.1) is 0 Å². The molecule has 0 spiro atoms. The molecule has 0 amide bonds. The number of imidazole rings is 1. The van der Waals surface area contributed by atoms with Crippen LogP contribution in [0.4, 0.5) is 0 Å². The average molecular weight is 225 g/mol. The van der Waals surface area contributed by atoms with E-state index in [1.165, 1.54) is 0 Å². The van der Waals surface area contributed by atoms with E-state index < -0.39 is 0 Å². The topological polar surface area (TPSA) is 26.9 Å². The van der Waals surface area contributed by atoms with Gasteiger partial charge in [-0.25, -0.2) is 4.79 Å². The van der Waals surface area contributed by atoms with E-state index in [4.69, 9.17) is 11.6 Å². The Labute approximate surface area is 92.9 Å². The van der Waals surface area contributed by atoms with Gasteiger partial charge in [-0.3, -0.25) is 9.13 Å². The molecular weight excluding hydrogens is 212 g/mol. The van der Waals surface area contributed by atoms with Crippen LogP contribution in [-0.4, -0.2) is 15.0 Å². The summed E-state index contributed by atoms with van der Waals surface area (Å²) >= 11 is 5.64. The SMILES string of the molecule is Cn1c(=O)n(CCCCl)c2ccccc21. The number of aromatic nitrogens is 2. The Morgan fingerprint density at radius 2 is 1.93 bits per heavy atom. The molecule has 1 aromatic carbocycles. The number of fused-ring (bicyclic) bond motifs is 1. The Kier molecular flexibility index (Phi) is 2.82. The monoisotopic (exact) mass is 224 g/mol. The molecule has 0 saturated heterocycles. The number of nitrogens with zero attached hydrogens (tertiary/aromatic N) is 2. The molecule has 2 rings (SSSR count). The van der Waals surface area contributed by atoms with Crippen molar-refractivity contribution in [3.8, 4) is 0 Å². The van der Waals surface area contributed by atoms with Crippen molar-refractivity contribution in [2.24, 2.45) is 7.05 Å². The predicted molar refractivity (Wildman–Crippen MR) is 62.5 cm³/mol. The maximum Gasteiger partial charge on any atom is 0.328 e. The van der Waals surface area contributed by atoms with Crippen LogP contribution in [0.3, 0.4) is 0 Å². The van der Waals surface area contributed by atoms with E-state index in [-0.39, 0.29) is 5.69 Å². The summed E-state index contributed by atoms with van der Waals surface area (Å²) in [6.07, 6.45) is 0.815. The molecule has 0 aliphatic heterocycles. The molecule has 0 atom stereocenters. The second-order valence-corrected chi connectivity index (χ2v) is 3.90. The van der Waals surface area contributed by atoms with E-state index in [1.54, 1.807) is 16.2 Å². The fourth-order valence-corrected chi connectivity index (χ4v) is 1.92. The third-order valence-electron chi connectivity index (χ3n) is 2.57. The minimum absolute atomic E-state index is 0.0290. The summed E-state index contributed by atoms with van der Waals surface area (Å²) in [5.41, 5.74) is 1.98. The Balaban J connectivity index is 2.62. The highest BCUT2D eigenvalue weighted by atomic mass is 35.5. The Morgan fingerprint density at radius 3 is 2.60 bits per heavy atom. The number of benzene rings is 1. The van der Waals surface area contributed by atoms with Crippen molar-refractivity contribution < 1.29 is 0 Å². The average Bonchev–Trinajstić information content (AvgIpc) is 2.51. The molecule has 80 valence electrons. The van der Waals surface area contributed by atoms with Gasteiger partial charge in [-0.2, -0.15) is 0 Å². The molecule has 0 fully saturated rings. The van der Waals surface area contributed by atoms with E-state index in [9.17, 15) is 4.79 Å². The zero-order chi connectivity index (χ0) is 10.8. The first kappa shape index (κ1) is 10.3. The highest BCUT2D eigenvalue weighted by molar-refractivity contribution is 6.17. The first-order valence-corrected chi connectivity index (χ1v) is 5.49. The molecule has 0 aliphatic rings. The van der Waals surface area contributed by atoms with E-state index in [0.717, 1.165) is 17.5 Å². The molecule has 0 unspecified atom stereocenters. The number of para-hydroxylation sites is 2. The second-order valence-electron chi connectivity index (χ2n) is 3.52. The van der Waals surface area contributed by atoms with Crippen molar-refractivity contribution in [3.05, 3.63) is 34.7 Å². The lowest BCUT2D eigenvalue weighted by Crippen LogP contribution is -2.22. The van der Waals surface area contributed by atoms with Gasteiger partial charge in [-0.05, 0) is 18.6 Å². The minimum atomic E-state index is 0.0290. The number of aryl methyl sites for hydroxylation is 2. The Bertz CT molecular complexity index is 527. The van der Waals surface area contributed by atoms with Gasteiger partial charge in [0.05, 0.1) is 11.0 Å². The van der Waals surface area contributed by atoms with Gasteiger partial charge >= 0.3 is 5.69 Å². The van der Waals surface area contributed by atoms with Gasteiger partial charge in [0.15, 0.2) is 0 Å². The van der Waals surface area contributed by atoms with Crippen LogP contribution < -0.4 is 5.69 Å². The Hall–Kier alpha value is -1.22. The van der Waals surface area contributed by atoms with Gasteiger partial charge in [0.25, 0.3) is 0 Å². The van der Waals surface area contributed by atoms with Crippen molar-refractivity contribution in [1.82, 2.24) is 9.13 Å². The van der Waals surface area contributed by atoms with Crippen molar-refractivity contribution in [1.29, 1.82) is 0 Å². The van der Waals surface area contributed by atoms with Crippen LogP contribution in [-0.2, 0) is 13.6 Å². The molecule has 0 bridgehead atoms. The highest BCUT2D eigenvalue weighted by Gasteiger charge is 2.08. The van der Waals surface area contributed by atoms with Crippen LogP contribution in [0.1, 0.15) is 6.42 Å². The number of rotatable bonds is 3. The summed E-state index contributed by atoms with van der Waals surface area (Å²) in [7, 11) is 1.79. The number of halogens is 1. The molecule has 0 saturated carbocycles. The van der Waals surface area contributed by atoms with Crippen molar-refractivity contribution in [2.45, 2.75) is 13.0 Å². The van der Waals surface area contributed by atoms with E-state index >= 15 is 0 Å². The molecule has 15 heavy (non-hydrogen) atoms. The van der Waals surface area contributed by atoms with E-state index in [2.05, 4.69) is 0 Å². The van der Waals surface area contributed by atoms with E-state index in [1.807, 2.05) is 24.3 Å². The fourth-order valence-electron chi connectivity index (χ4n) is 1.80. The molecule has 0 radical (unpaired) electrons. The van der Waals surface area contributed by atoms with Crippen LogP contribution in [0.5, 0.6) is 0 Å². The predicted octanol–water partition coefficient (Wildman–Crippen LogP) is 1.97. The van der Waals surface area contributed by atoms with Crippen molar-refractivity contribution in [2.75, 3.05) is 5.88 Å². The van der Waals surface area contributed by atoms with Gasteiger partial charge < -0.3 is 0 Å². The number of alkyl halides is 1. The maximum atomic E-state index is 11.9. The maximum absolute atomic E-state index is 11.9. The highest BCUT2D eigenvalue weighted by Crippen LogP contribution is 2.11. The quantitative estimate of drug-likeness (QED) is 0.733. The standard InChI is InChI=1S/C11H13ClN2O/c1-13-9-5-2-3-6-10(9)14(11(13)15)8-4-7-12/h2-3,5-6H,4,7-8H2,1H3. The van der Waals surface area contributed by atoms with E-state index in [0.29, 0.717) is 12.4 Å². The Morgan fingerprint density at radius 1 is 1.27 bits per heavy atom. The second kappa shape index (κ2) is 4.11. The molecular formula is C11H13ClN2O. The van der Waals surface area contributed by atoms with Gasteiger partial charge in [-0.1, -0.05) is 12.1 Å². The van der Waals surface area contributed by atoms with Gasteiger partial charge in [0, 0.05) is 19.5 Å². The van der Waals surface area contributed by atoms with Gasteiger partial charge in [-0.15, -0.1) is 11.6 Å². The first-order valence-electron chi connectivity index (χ1n) is 4.96. The zero-order valence-electron chi connectivity index (χ0n) is 8.61. The molecule has 0 aliphatic carbocycles. The summed E-state index contributed by atoms with van der Waals surface area (Å²) in [5.74, 6) is 0.579. The summed E-state index contributed by atoms with van der Waals surface area (Å²) in [6, 6.07) is 7.80. The normalized spacial score (nSPS) is 11.1. The fraction of sp³-hybridized carbons (Fsp3) is 0.364. The molecule has 4 heteroatoms. The van der Waals surface area contributed by atoms with Gasteiger partial charge in [0.1, 0.15) is 0 Å². The molecule has 0 N–H and O–H groups in total. The molecule has 1 aromatic heterocycles. The summed E-state index contributed by atoms with van der Waals surface area (Å²) in [5, 5.41) is 0. The smallest absolute Gasteiger partial charge is 0.295 e. The number of hydrogen-bond donors (Lipinski definition) is 0.